The largest absolute Gasteiger partial charge is 0.492 e. The molecule has 0 amide bonds. The molecular formula is C30H32N4O4. The van der Waals surface area contributed by atoms with Crippen LogP contribution < -0.4 is 14.8 Å². The van der Waals surface area contributed by atoms with E-state index in [1.807, 2.05) is 97.9 Å². The molecule has 8 heteroatoms. The smallest absolute Gasteiger partial charge is 0.326 e. The Morgan fingerprint density at radius 3 is 2.39 bits per heavy atom. The molecule has 0 fully saturated rings. The Balaban J connectivity index is 1.39. The summed E-state index contributed by atoms with van der Waals surface area (Å²) in [5.74, 6) is 0.937. The van der Waals surface area contributed by atoms with Gasteiger partial charge in [0, 0.05) is 24.6 Å². The number of hydrogen-bond acceptors (Lipinski definition) is 7. The number of carboxylic acid groups (broad SMARTS) is 1. The third-order valence-corrected chi connectivity index (χ3v) is 5.83. The summed E-state index contributed by atoms with van der Waals surface area (Å²) in [4.78, 5) is 22.7. The SMILES string of the molecule is CN(C)CCOc1cccc(CC(Nc2cc(-c3ccc(OCc4ccccc4)cc3)ncn2)C(=O)O)c1. The van der Waals surface area contributed by atoms with Crippen LogP contribution in [-0.4, -0.2) is 59.2 Å². The zero-order valence-electron chi connectivity index (χ0n) is 21.6. The molecule has 0 spiro atoms. The maximum atomic E-state index is 12.0. The number of carboxylic acids is 1. The van der Waals surface area contributed by atoms with Crippen molar-refractivity contribution in [3.05, 3.63) is 102 Å². The summed E-state index contributed by atoms with van der Waals surface area (Å²) >= 11 is 0. The van der Waals surface area contributed by atoms with Gasteiger partial charge in [-0.2, -0.15) is 0 Å². The van der Waals surface area contributed by atoms with Gasteiger partial charge in [0.2, 0.25) is 0 Å². The Morgan fingerprint density at radius 1 is 0.895 bits per heavy atom. The predicted molar refractivity (Wildman–Crippen MR) is 147 cm³/mol. The zero-order valence-corrected chi connectivity index (χ0v) is 21.6. The molecule has 0 radical (unpaired) electrons. The minimum Gasteiger partial charge on any atom is -0.492 e. The van der Waals surface area contributed by atoms with Gasteiger partial charge in [-0.25, -0.2) is 14.8 Å². The summed E-state index contributed by atoms with van der Waals surface area (Å²) in [6, 6.07) is 26.0. The molecular weight excluding hydrogens is 480 g/mol. The number of nitrogens with one attached hydrogen (secondary N) is 1. The van der Waals surface area contributed by atoms with Gasteiger partial charge >= 0.3 is 5.97 Å². The van der Waals surface area contributed by atoms with Crippen molar-refractivity contribution in [3.63, 3.8) is 0 Å². The van der Waals surface area contributed by atoms with Crippen molar-refractivity contribution in [2.24, 2.45) is 0 Å². The first kappa shape index (κ1) is 26.6. The zero-order chi connectivity index (χ0) is 26.7. The molecule has 8 nitrogen and oxygen atoms in total. The van der Waals surface area contributed by atoms with E-state index in [1.165, 1.54) is 6.33 Å². The number of likely N-dealkylation sites (N-methyl/N-ethyl adjacent to an activating group) is 1. The van der Waals surface area contributed by atoms with Crippen LogP contribution in [0.4, 0.5) is 5.82 Å². The molecule has 1 unspecified atom stereocenters. The molecule has 4 rings (SSSR count). The Hall–Kier alpha value is -4.43. The van der Waals surface area contributed by atoms with Crippen molar-refractivity contribution < 1.29 is 19.4 Å². The van der Waals surface area contributed by atoms with Gasteiger partial charge < -0.3 is 24.8 Å². The summed E-state index contributed by atoms with van der Waals surface area (Å²) < 4.78 is 11.7. The fraction of sp³-hybridized carbons (Fsp3) is 0.233. The van der Waals surface area contributed by atoms with Crippen molar-refractivity contribution in [3.8, 4) is 22.8 Å². The fourth-order valence-corrected chi connectivity index (χ4v) is 3.78. The Kier molecular flexibility index (Phi) is 9.26. The number of ether oxygens (including phenoxy) is 2. The molecule has 196 valence electrons. The van der Waals surface area contributed by atoms with E-state index in [4.69, 9.17) is 9.47 Å². The summed E-state index contributed by atoms with van der Waals surface area (Å²) in [5.41, 5.74) is 3.50. The van der Waals surface area contributed by atoms with E-state index in [2.05, 4.69) is 15.3 Å². The minimum absolute atomic E-state index is 0.271. The van der Waals surface area contributed by atoms with Crippen molar-refractivity contribution in [1.82, 2.24) is 14.9 Å². The standard InChI is InChI=1S/C30H32N4O4/c1-34(2)15-16-37-26-10-6-9-23(17-26)18-28(30(35)36)33-29-19-27(31-21-32-29)24-11-13-25(14-12-24)38-20-22-7-4-3-5-8-22/h3-14,17,19,21,28H,15-16,18,20H2,1-2H3,(H,35,36)(H,31,32,33). The van der Waals surface area contributed by atoms with Gasteiger partial charge in [0.1, 0.15) is 42.9 Å². The summed E-state index contributed by atoms with van der Waals surface area (Å²) in [6.07, 6.45) is 1.70. The van der Waals surface area contributed by atoms with Crippen molar-refractivity contribution >= 4 is 11.8 Å². The molecule has 4 aromatic rings. The van der Waals surface area contributed by atoms with Crippen molar-refractivity contribution in [1.29, 1.82) is 0 Å². The molecule has 1 aromatic heterocycles. The van der Waals surface area contributed by atoms with Crippen LogP contribution in [0.3, 0.4) is 0 Å². The highest BCUT2D eigenvalue weighted by molar-refractivity contribution is 5.77. The van der Waals surface area contributed by atoms with Crippen LogP contribution in [0.5, 0.6) is 11.5 Å². The number of aromatic nitrogens is 2. The third-order valence-electron chi connectivity index (χ3n) is 5.83. The average Bonchev–Trinajstić information content (AvgIpc) is 2.92. The molecule has 0 aliphatic rings. The lowest BCUT2D eigenvalue weighted by Gasteiger charge is -2.16. The first-order valence-electron chi connectivity index (χ1n) is 12.4. The minimum atomic E-state index is -0.969. The molecule has 3 aromatic carbocycles. The molecule has 0 aliphatic carbocycles. The number of benzene rings is 3. The molecule has 38 heavy (non-hydrogen) atoms. The van der Waals surface area contributed by atoms with Gasteiger partial charge in [0.15, 0.2) is 0 Å². The summed E-state index contributed by atoms with van der Waals surface area (Å²) in [6.45, 7) is 1.84. The quantitative estimate of drug-likeness (QED) is 0.264. The van der Waals surface area contributed by atoms with Crippen molar-refractivity contribution in [2.45, 2.75) is 19.1 Å². The molecule has 0 saturated heterocycles. The molecule has 2 N–H and O–H groups in total. The molecule has 0 saturated carbocycles. The number of anilines is 1. The normalized spacial score (nSPS) is 11.7. The lowest BCUT2D eigenvalue weighted by molar-refractivity contribution is -0.137. The number of nitrogens with zero attached hydrogens (tertiary/aromatic N) is 3. The van der Waals surface area contributed by atoms with Gasteiger partial charge in [-0.05, 0) is 61.6 Å². The number of rotatable bonds is 13. The van der Waals surface area contributed by atoms with Crippen LogP contribution in [0.1, 0.15) is 11.1 Å². The van der Waals surface area contributed by atoms with Gasteiger partial charge in [0.25, 0.3) is 0 Å². The molecule has 1 atom stereocenters. The Morgan fingerprint density at radius 2 is 1.66 bits per heavy atom. The second-order valence-electron chi connectivity index (χ2n) is 9.13. The van der Waals surface area contributed by atoms with Crippen LogP contribution >= 0.6 is 0 Å². The van der Waals surface area contributed by atoms with Crippen LogP contribution in [0.2, 0.25) is 0 Å². The fourth-order valence-electron chi connectivity index (χ4n) is 3.78. The molecule has 1 heterocycles. The first-order valence-corrected chi connectivity index (χ1v) is 12.4. The van der Waals surface area contributed by atoms with Gasteiger partial charge in [-0.1, -0.05) is 42.5 Å². The number of carbonyl (C=O) groups is 1. The highest BCUT2D eigenvalue weighted by Crippen LogP contribution is 2.23. The van der Waals surface area contributed by atoms with Crippen LogP contribution in [0.25, 0.3) is 11.3 Å². The van der Waals surface area contributed by atoms with E-state index in [-0.39, 0.29) is 6.42 Å². The second kappa shape index (κ2) is 13.2. The Bertz CT molecular complexity index is 1310. The lowest BCUT2D eigenvalue weighted by Crippen LogP contribution is -2.32. The van der Waals surface area contributed by atoms with Gasteiger partial charge in [-0.15, -0.1) is 0 Å². The summed E-state index contributed by atoms with van der Waals surface area (Å²) in [7, 11) is 3.97. The highest BCUT2D eigenvalue weighted by Gasteiger charge is 2.19. The number of aliphatic carboxylic acids is 1. The average molecular weight is 513 g/mol. The van der Waals surface area contributed by atoms with E-state index in [9.17, 15) is 9.90 Å². The lowest BCUT2D eigenvalue weighted by atomic mass is 10.1. The summed E-state index contributed by atoms with van der Waals surface area (Å²) in [5, 5.41) is 12.9. The monoisotopic (exact) mass is 512 g/mol. The molecule has 0 aliphatic heterocycles. The highest BCUT2D eigenvalue weighted by atomic mass is 16.5. The van der Waals surface area contributed by atoms with E-state index in [1.54, 1.807) is 6.07 Å². The molecule has 0 bridgehead atoms. The topological polar surface area (TPSA) is 96.8 Å². The first-order chi connectivity index (χ1) is 18.5. The maximum Gasteiger partial charge on any atom is 0.326 e. The van der Waals surface area contributed by atoms with E-state index >= 15 is 0 Å². The third kappa shape index (κ3) is 8.04. The Labute approximate surface area is 222 Å². The van der Waals surface area contributed by atoms with Crippen LogP contribution in [0.15, 0.2) is 91.3 Å². The second-order valence-corrected chi connectivity index (χ2v) is 9.13. The predicted octanol–water partition coefficient (Wildman–Crippen LogP) is 4.77. The van der Waals surface area contributed by atoms with Crippen molar-refractivity contribution in [2.75, 3.05) is 32.6 Å². The van der Waals surface area contributed by atoms with Gasteiger partial charge in [-0.3, -0.25) is 0 Å². The van der Waals surface area contributed by atoms with E-state index in [0.29, 0.717) is 30.5 Å². The van der Waals surface area contributed by atoms with Gasteiger partial charge in [0.05, 0.1) is 5.69 Å². The number of hydrogen-bond donors (Lipinski definition) is 2. The van der Waals surface area contributed by atoms with Crippen LogP contribution in [-0.2, 0) is 17.8 Å². The van der Waals surface area contributed by atoms with Crippen LogP contribution in [0, 0.1) is 0 Å². The maximum absolute atomic E-state index is 12.0. The van der Waals surface area contributed by atoms with E-state index in [0.717, 1.165) is 29.0 Å². The van der Waals surface area contributed by atoms with E-state index < -0.39 is 12.0 Å².